The molecule has 2 fully saturated rings. The molecule has 0 aromatic carbocycles. The monoisotopic (exact) mass is 468 g/mol. The molecule has 0 saturated heterocycles. The molecule has 0 radical (unpaired) electrons. The van der Waals surface area contributed by atoms with Gasteiger partial charge in [0.15, 0.2) is 0 Å². The first-order valence-electron chi connectivity index (χ1n) is 11.9. The van der Waals surface area contributed by atoms with E-state index in [1.54, 1.807) is 18.3 Å². The van der Waals surface area contributed by atoms with Gasteiger partial charge in [-0.1, -0.05) is 13.3 Å². The standard InChI is InChI=1S/C24H32N6O2S/c1-4-5-15-20-16(10-11-25-15)33-22(29-20)19-13(2)27-23(26-12-14-6-7-14)30-21(19)28-17-8-9-18(31)24(17,3)32/h10-11,14,17-18,31-32H,4-9,12H2,1-3H3,(H2,26,27,28,30)/t17-,18-,24+/m1/s1. The minimum Gasteiger partial charge on any atom is -0.390 e. The van der Waals surface area contributed by atoms with Crippen LogP contribution in [0.3, 0.4) is 0 Å². The Hall–Kier alpha value is -2.36. The highest BCUT2D eigenvalue weighted by atomic mass is 32.1. The zero-order valence-electron chi connectivity index (χ0n) is 19.4. The molecule has 2 aliphatic rings. The van der Waals surface area contributed by atoms with Gasteiger partial charge in [-0.25, -0.2) is 9.97 Å². The van der Waals surface area contributed by atoms with Crippen LogP contribution < -0.4 is 10.6 Å². The number of nitrogens with one attached hydrogen (secondary N) is 2. The molecule has 8 nitrogen and oxygen atoms in total. The molecular formula is C24H32N6O2S. The van der Waals surface area contributed by atoms with Crippen molar-refractivity contribution >= 4 is 33.3 Å². The van der Waals surface area contributed by atoms with Crippen molar-refractivity contribution in [2.24, 2.45) is 5.92 Å². The van der Waals surface area contributed by atoms with E-state index in [1.807, 2.05) is 19.2 Å². The van der Waals surface area contributed by atoms with Gasteiger partial charge in [-0.15, -0.1) is 11.3 Å². The van der Waals surface area contributed by atoms with Crippen LogP contribution in [0.15, 0.2) is 12.3 Å². The van der Waals surface area contributed by atoms with Gasteiger partial charge < -0.3 is 20.8 Å². The number of nitrogens with zero attached hydrogens (tertiary/aromatic N) is 4. The van der Waals surface area contributed by atoms with Crippen molar-refractivity contribution in [3.63, 3.8) is 0 Å². The van der Waals surface area contributed by atoms with E-state index < -0.39 is 11.7 Å². The Labute approximate surface area is 197 Å². The molecular weight excluding hydrogens is 436 g/mol. The van der Waals surface area contributed by atoms with Crippen LogP contribution in [0.4, 0.5) is 11.8 Å². The summed E-state index contributed by atoms with van der Waals surface area (Å²) < 4.78 is 1.09. The fourth-order valence-corrected chi connectivity index (χ4v) is 5.61. The number of aryl methyl sites for hydroxylation is 2. The maximum absolute atomic E-state index is 10.9. The summed E-state index contributed by atoms with van der Waals surface area (Å²) in [6, 6.07) is 1.69. The topological polar surface area (TPSA) is 116 Å². The lowest BCUT2D eigenvalue weighted by Gasteiger charge is -2.30. The van der Waals surface area contributed by atoms with Crippen LogP contribution in [0.25, 0.3) is 20.8 Å². The first-order valence-corrected chi connectivity index (χ1v) is 12.7. The first-order chi connectivity index (χ1) is 15.9. The third-order valence-electron chi connectivity index (χ3n) is 6.84. The minimum atomic E-state index is -1.23. The van der Waals surface area contributed by atoms with Crippen LogP contribution >= 0.6 is 11.3 Å². The van der Waals surface area contributed by atoms with Crippen molar-refractivity contribution < 1.29 is 10.2 Å². The van der Waals surface area contributed by atoms with E-state index in [-0.39, 0.29) is 6.04 Å². The molecule has 5 rings (SSSR count). The maximum Gasteiger partial charge on any atom is 0.224 e. The Morgan fingerprint density at radius 2 is 2.00 bits per heavy atom. The van der Waals surface area contributed by atoms with Crippen molar-refractivity contribution in [3.05, 3.63) is 23.7 Å². The van der Waals surface area contributed by atoms with Crippen molar-refractivity contribution in [3.8, 4) is 10.6 Å². The second-order valence-electron chi connectivity index (χ2n) is 9.57. The molecule has 2 saturated carbocycles. The van der Waals surface area contributed by atoms with Crippen LogP contribution in [0, 0.1) is 12.8 Å². The van der Waals surface area contributed by atoms with E-state index in [1.165, 1.54) is 12.8 Å². The lowest BCUT2D eigenvalue weighted by atomic mass is 9.98. The first kappa shape index (κ1) is 22.4. The number of pyridine rings is 1. The number of thiazole rings is 1. The highest BCUT2D eigenvalue weighted by molar-refractivity contribution is 7.21. The van der Waals surface area contributed by atoms with Gasteiger partial charge in [0.2, 0.25) is 5.95 Å². The van der Waals surface area contributed by atoms with Crippen molar-refractivity contribution in [2.75, 3.05) is 17.2 Å². The summed E-state index contributed by atoms with van der Waals surface area (Å²) in [5.41, 5.74) is 2.38. The SMILES string of the molecule is CCCc1nccc2sc(-c3c(C)nc(NCC4CC4)nc3N[C@@H]3CC[C@@H](O)[C@@]3(C)O)nc12. The number of aliphatic hydroxyl groups is 2. The smallest absolute Gasteiger partial charge is 0.224 e. The fourth-order valence-electron chi connectivity index (χ4n) is 4.53. The lowest BCUT2D eigenvalue weighted by Crippen LogP contribution is -2.47. The average Bonchev–Trinajstić information content (AvgIpc) is 3.45. The predicted molar refractivity (Wildman–Crippen MR) is 132 cm³/mol. The van der Waals surface area contributed by atoms with E-state index in [9.17, 15) is 10.2 Å². The molecule has 0 bridgehead atoms. The number of rotatable bonds is 8. The summed E-state index contributed by atoms with van der Waals surface area (Å²) in [7, 11) is 0. The molecule has 33 heavy (non-hydrogen) atoms. The molecule has 0 amide bonds. The van der Waals surface area contributed by atoms with Gasteiger partial charge in [-0.2, -0.15) is 4.98 Å². The number of aliphatic hydroxyl groups excluding tert-OH is 1. The second kappa shape index (κ2) is 8.77. The Balaban J connectivity index is 1.56. The van der Waals surface area contributed by atoms with E-state index in [0.29, 0.717) is 30.5 Å². The fraction of sp³-hybridized carbons (Fsp3) is 0.583. The Morgan fingerprint density at radius 1 is 1.18 bits per heavy atom. The van der Waals surface area contributed by atoms with Crippen LogP contribution in [0.1, 0.15) is 57.3 Å². The number of fused-ring (bicyclic) bond motifs is 1. The molecule has 4 N–H and O–H groups in total. The van der Waals surface area contributed by atoms with Crippen LogP contribution in [-0.2, 0) is 6.42 Å². The number of hydrogen-bond acceptors (Lipinski definition) is 9. The third-order valence-corrected chi connectivity index (χ3v) is 7.88. The summed E-state index contributed by atoms with van der Waals surface area (Å²) in [5.74, 6) is 1.92. The summed E-state index contributed by atoms with van der Waals surface area (Å²) >= 11 is 1.61. The molecule has 3 aromatic heterocycles. The Bertz CT molecular complexity index is 1160. The van der Waals surface area contributed by atoms with Gasteiger partial charge >= 0.3 is 0 Å². The largest absolute Gasteiger partial charge is 0.390 e. The van der Waals surface area contributed by atoms with E-state index in [4.69, 9.17) is 15.0 Å². The second-order valence-corrected chi connectivity index (χ2v) is 10.6. The molecule has 2 aliphatic carbocycles. The summed E-state index contributed by atoms with van der Waals surface area (Å²) in [6.07, 6.45) is 6.67. The van der Waals surface area contributed by atoms with Crippen LogP contribution in [0.5, 0.6) is 0 Å². The van der Waals surface area contributed by atoms with Gasteiger partial charge in [-0.05, 0) is 57.9 Å². The molecule has 3 atom stereocenters. The van der Waals surface area contributed by atoms with Crippen LogP contribution in [-0.4, -0.2) is 54.4 Å². The molecule has 9 heteroatoms. The van der Waals surface area contributed by atoms with Gasteiger partial charge in [0.25, 0.3) is 0 Å². The highest BCUT2D eigenvalue weighted by Crippen LogP contribution is 2.39. The summed E-state index contributed by atoms with van der Waals surface area (Å²) in [6.45, 7) is 6.67. The zero-order valence-corrected chi connectivity index (χ0v) is 20.2. The van der Waals surface area contributed by atoms with Crippen molar-refractivity contribution in [1.82, 2.24) is 19.9 Å². The molecule has 3 heterocycles. The third kappa shape index (κ3) is 4.41. The quantitative estimate of drug-likeness (QED) is 0.393. The number of hydrogen-bond donors (Lipinski definition) is 4. The van der Waals surface area contributed by atoms with Gasteiger partial charge in [0.05, 0.1) is 33.8 Å². The summed E-state index contributed by atoms with van der Waals surface area (Å²) in [5, 5.41) is 28.8. The minimum absolute atomic E-state index is 0.316. The van der Waals surface area contributed by atoms with Gasteiger partial charge in [0, 0.05) is 12.7 Å². The number of anilines is 2. The van der Waals surface area contributed by atoms with E-state index >= 15 is 0 Å². The lowest BCUT2D eigenvalue weighted by molar-refractivity contribution is -0.0439. The zero-order chi connectivity index (χ0) is 23.2. The van der Waals surface area contributed by atoms with E-state index in [2.05, 4.69) is 22.5 Å². The molecule has 0 spiro atoms. The van der Waals surface area contributed by atoms with Crippen LogP contribution in [0.2, 0.25) is 0 Å². The molecule has 176 valence electrons. The Kier molecular flexibility index (Phi) is 5.96. The molecule has 0 unspecified atom stereocenters. The molecule has 0 aliphatic heterocycles. The van der Waals surface area contributed by atoms with Crippen molar-refractivity contribution in [1.29, 1.82) is 0 Å². The normalized spacial score (nSPS) is 25.0. The molecule has 3 aromatic rings. The van der Waals surface area contributed by atoms with Gasteiger partial charge in [0.1, 0.15) is 21.9 Å². The predicted octanol–water partition coefficient (Wildman–Crippen LogP) is 3.92. The van der Waals surface area contributed by atoms with Crippen molar-refractivity contribution in [2.45, 2.75) is 77.0 Å². The summed E-state index contributed by atoms with van der Waals surface area (Å²) in [4.78, 5) is 19.1. The Morgan fingerprint density at radius 3 is 2.70 bits per heavy atom. The average molecular weight is 469 g/mol. The van der Waals surface area contributed by atoms with E-state index in [0.717, 1.165) is 51.6 Å². The highest BCUT2D eigenvalue weighted by Gasteiger charge is 2.45. The maximum atomic E-state index is 10.9. The van der Waals surface area contributed by atoms with Gasteiger partial charge in [-0.3, -0.25) is 4.98 Å². The number of aromatic nitrogens is 4.